The highest BCUT2D eigenvalue weighted by atomic mass is 16.3. The number of carbonyl (C=O) groups excluding carboxylic acids is 3. The van der Waals surface area contributed by atoms with E-state index in [-0.39, 0.29) is 12.5 Å². The Morgan fingerprint density at radius 3 is 2.52 bits per heavy atom. The molecule has 1 saturated heterocycles. The summed E-state index contributed by atoms with van der Waals surface area (Å²) in [6.45, 7) is 4.00. The highest BCUT2D eigenvalue weighted by molar-refractivity contribution is 6.39. The van der Waals surface area contributed by atoms with Gasteiger partial charge in [0.15, 0.2) is 0 Å². The summed E-state index contributed by atoms with van der Waals surface area (Å²) in [7, 11) is 0. The lowest BCUT2D eigenvalue weighted by molar-refractivity contribution is -0.136. The molecule has 7 nitrogen and oxygen atoms in total. The van der Waals surface area contributed by atoms with Crippen molar-refractivity contribution in [3.05, 3.63) is 59.7 Å². The third-order valence-electron chi connectivity index (χ3n) is 5.03. The SMILES string of the molecule is Cc1ccc(NC(=O)C(=O)NCC(C)(O)c2ccccc2)cc1N1CCCC1=O. The van der Waals surface area contributed by atoms with E-state index in [9.17, 15) is 19.5 Å². The predicted molar refractivity (Wildman–Crippen MR) is 110 cm³/mol. The number of nitrogens with zero attached hydrogens (tertiary/aromatic N) is 1. The van der Waals surface area contributed by atoms with Crippen LogP contribution in [0, 0.1) is 6.92 Å². The molecule has 1 aliphatic heterocycles. The van der Waals surface area contributed by atoms with Crippen LogP contribution in [-0.4, -0.2) is 35.9 Å². The Balaban J connectivity index is 1.63. The second-order valence-corrected chi connectivity index (χ2v) is 7.43. The van der Waals surface area contributed by atoms with Gasteiger partial charge in [0.25, 0.3) is 0 Å². The molecular formula is C22H25N3O4. The molecule has 3 N–H and O–H groups in total. The maximum Gasteiger partial charge on any atom is 0.313 e. The minimum Gasteiger partial charge on any atom is -0.384 e. The molecule has 3 rings (SSSR count). The summed E-state index contributed by atoms with van der Waals surface area (Å²) in [4.78, 5) is 38.2. The number of nitrogens with one attached hydrogen (secondary N) is 2. The van der Waals surface area contributed by atoms with E-state index in [0.717, 1.165) is 17.7 Å². The smallest absolute Gasteiger partial charge is 0.313 e. The molecule has 3 amide bonds. The average molecular weight is 395 g/mol. The number of aryl methyl sites for hydroxylation is 1. The van der Waals surface area contributed by atoms with E-state index in [0.29, 0.717) is 24.2 Å². The van der Waals surface area contributed by atoms with Gasteiger partial charge in [-0.2, -0.15) is 0 Å². The van der Waals surface area contributed by atoms with Gasteiger partial charge in [-0.25, -0.2) is 0 Å². The zero-order chi connectivity index (χ0) is 21.0. The van der Waals surface area contributed by atoms with E-state index < -0.39 is 17.4 Å². The maximum atomic E-state index is 12.3. The van der Waals surface area contributed by atoms with Crippen LogP contribution < -0.4 is 15.5 Å². The highest BCUT2D eigenvalue weighted by Gasteiger charge is 2.26. The minimum absolute atomic E-state index is 0.0532. The Morgan fingerprint density at radius 2 is 1.86 bits per heavy atom. The van der Waals surface area contributed by atoms with Gasteiger partial charge in [-0.1, -0.05) is 36.4 Å². The molecule has 1 atom stereocenters. The standard InChI is InChI=1S/C22H25N3O4/c1-15-10-11-17(13-18(15)25-12-6-9-19(25)26)24-21(28)20(27)23-14-22(2,29)16-7-4-3-5-8-16/h3-5,7-8,10-11,13,29H,6,9,12,14H2,1-2H3,(H,23,27)(H,24,28). The van der Waals surface area contributed by atoms with E-state index >= 15 is 0 Å². The number of hydrogen-bond acceptors (Lipinski definition) is 4. The lowest BCUT2D eigenvalue weighted by Gasteiger charge is -2.24. The van der Waals surface area contributed by atoms with E-state index in [2.05, 4.69) is 10.6 Å². The fourth-order valence-electron chi connectivity index (χ4n) is 3.30. The molecule has 2 aromatic rings. The molecule has 0 spiro atoms. The first-order valence-corrected chi connectivity index (χ1v) is 9.56. The van der Waals surface area contributed by atoms with Crippen molar-refractivity contribution >= 4 is 29.1 Å². The minimum atomic E-state index is -1.30. The summed E-state index contributed by atoms with van der Waals surface area (Å²) >= 11 is 0. The molecule has 7 heteroatoms. The third-order valence-corrected chi connectivity index (χ3v) is 5.03. The van der Waals surface area contributed by atoms with Crippen LogP contribution in [0.2, 0.25) is 0 Å². The van der Waals surface area contributed by atoms with Crippen molar-refractivity contribution in [3.8, 4) is 0 Å². The third kappa shape index (κ3) is 4.81. The summed E-state index contributed by atoms with van der Waals surface area (Å²) in [6, 6.07) is 14.1. The second-order valence-electron chi connectivity index (χ2n) is 7.43. The summed E-state index contributed by atoms with van der Waals surface area (Å²) in [5.41, 5.74) is 1.42. The average Bonchev–Trinajstić information content (AvgIpc) is 3.14. The Hall–Kier alpha value is -3.19. The summed E-state index contributed by atoms with van der Waals surface area (Å²) in [5, 5.41) is 15.6. The van der Waals surface area contributed by atoms with E-state index in [1.165, 1.54) is 0 Å². The Bertz CT molecular complexity index is 925. The largest absolute Gasteiger partial charge is 0.384 e. The lowest BCUT2D eigenvalue weighted by Crippen LogP contribution is -2.43. The zero-order valence-corrected chi connectivity index (χ0v) is 16.6. The van der Waals surface area contributed by atoms with E-state index in [1.807, 2.05) is 13.0 Å². The highest BCUT2D eigenvalue weighted by Crippen LogP contribution is 2.28. The summed E-state index contributed by atoms with van der Waals surface area (Å²) in [5.74, 6) is -1.63. The van der Waals surface area contributed by atoms with Crippen LogP contribution in [0.5, 0.6) is 0 Å². The first kappa shape index (κ1) is 20.5. The molecule has 0 bridgehead atoms. The fraction of sp³-hybridized carbons (Fsp3) is 0.318. The van der Waals surface area contributed by atoms with Gasteiger partial charge in [-0.15, -0.1) is 0 Å². The normalized spacial score (nSPS) is 15.7. The van der Waals surface area contributed by atoms with Gasteiger partial charge in [0.2, 0.25) is 5.91 Å². The molecule has 1 aliphatic rings. The molecule has 1 heterocycles. The van der Waals surface area contributed by atoms with Gasteiger partial charge in [0, 0.05) is 24.3 Å². The van der Waals surface area contributed by atoms with Crippen molar-refractivity contribution in [1.29, 1.82) is 0 Å². The number of benzene rings is 2. The molecular weight excluding hydrogens is 370 g/mol. The number of amides is 3. The molecule has 0 aromatic heterocycles. The monoisotopic (exact) mass is 395 g/mol. The number of rotatable bonds is 5. The Kier molecular flexibility index (Phi) is 5.98. The fourth-order valence-corrected chi connectivity index (χ4v) is 3.30. The first-order valence-electron chi connectivity index (χ1n) is 9.56. The van der Waals surface area contributed by atoms with Gasteiger partial charge in [0.1, 0.15) is 5.60 Å². The maximum absolute atomic E-state index is 12.3. The van der Waals surface area contributed by atoms with E-state index in [4.69, 9.17) is 0 Å². The van der Waals surface area contributed by atoms with Crippen molar-refractivity contribution < 1.29 is 19.5 Å². The van der Waals surface area contributed by atoms with Crippen molar-refractivity contribution in [3.63, 3.8) is 0 Å². The number of hydrogen-bond donors (Lipinski definition) is 3. The van der Waals surface area contributed by atoms with Crippen LogP contribution in [0.25, 0.3) is 0 Å². The topological polar surface area (TPSA) is 98.7 Å². The quantitative estimate of drug-likeness (QED) is 0.675. The molecule has 1 unspecified atom stereocenters. The van der Waals surface area contributed by atoms with Gasteiger partial charge in [-0.05, 0) is 43.5 Å². The van der Waals surface area contributed by atoms with Gasteiger partial charge in [-0.3, -0.25) is 14.4 Å². The van der Waals surface area contributed by atoms with E-state index in [1.54, 1.807) is 54.3 Å². The number of anilines is 2. The number of aliphatic hydroxyl groups is 1. The van der Waals surface area contributed by atoms with Crippen LogP contribution in [0.1, 0.15) is 30.9 Å². The van der Waals surface area contributed by atoms with Crippen molar-refractivity contribution in [2.45, 2.75) is 32.3 Å². The van der Waals surface area contributed by atoms with Crippen molar-refractivity contribution in [1.82, 2.24) is 5.32 Å². The molecule has 152 valence electrons. The van der Waals surface area contributed by atoms with Crippen LogP contribution in [0.4, 0.5) is 11.4 Å². The lowest BCUT2D eigenvalue weighted by atomic mass is 9.96. The summed E-state index contributed by atoms with van der Waals surface area (Å²) in [6.07, 6.45) is 1.32. The molecule has 29 heavy (non-hydrogen) atoms. The Labute approximate surface area is 169 Å². The van der Waals surface area contributed by atoms with Gasteiger partial charge >= 0.3 is 11.8 Å². The van der Waals surface area contributed by atoms with Crippen LogP contribution in [0.15, 0.2) is 48.5 Å². The van der Waals surface area contributed by atoms with Gasteiger partial charge in [0.05, 0.1) is 6.54 Å². The Morgan fingerprint density at radius 1 is 1.14 bits per heavy atom. The molecule has 1 fully saturated rings. The van der Waals surface area contributed by atoms with Crippen molar-refractivity contribution in [2.75, 3.05) is 23.3 Å². The van der Waals surface area contributed by atoms with Gasteiger partial charge < -0.3 is 20.6 Å². The predicted octanol–water partition coefficient (Wildman–Crippen LogP) is 2.08. The molecule has 0 aliphatic carbocycles. The zero-order valence-electron chi connectivity index (χ0n) is 16.6. The van der Waals surface area contributed by atoms with Crippen LogP contribution >= 0.6 is 0 Å². The second kappa shape index (κ2) is 8.45. The van der Waals surface area contributed by atoms with Crippen molar-refractivity contribution in [2.24, 2.45) is 0 Å². The number of carbonyl (C=O) groups is 3. The molecule has 2 aromatic carbocycles. The molecule has 0 saturated carbocycles. The van der Waals surface area contributed by atoms with Crippen LogP contribution in [0.3, 0.4) is 0 Å². The van der Waals surface area contributed by atoms with Crippen LogP contribution in [-0.2, 0) is 20.0 Å². The first-order chi connectivity index (χ1) is 13.8. The summed E-state index contributed by atoms with van der Waals surface area (Å²) < 4.78 is 0. The molecule has 0 radical (unpaired) electrons.